The van der Waals surface area contributed by atoms with Crippen LogP contribution in [0, 0.1) is 0 Å². The van der Waals surface area contributed by atoms with Crippen LogP contribution in [0.5, 0.6) is 0 Å². The minimum atomic E-state index is -2.11. The number of benzene rings is 5. The topological polar surface area (TPSA) is 87.7 Å². The van der Waals surface area contributed by atoms with Gasteiger partial charge in [0.15, 0.2) is 19.9 Å². The van der Waals surface area contributed by atoms with E-state index in [0.717, 1.165) is 81.8 Å². The van der Waals surface area contributed by atoms with E-state index in [-0.39, 0.29) is 16.9 Å². The largest absolute Gasteiger partial charge is 0.408 e. The fourth-order valence-electron chi connectivity index (χ4n) is 8.36. The molecule has 300 valence electrons. The van der Waals surface area contributed by atoms with Gasteiger partial charge in [0, 0.05) is 24.9 Å². The lowest BCUT2D eigenvalue weighted by molar-refractivity contribution is 0.0973. The molecule has 8 nitrogen and oxygen atoms in total. The molecule has 0 saturated heterocycles. The van der Waals surface area contributed by atoms with Gasteiger partial charge < -0.3 is 8.99 Å². The predicted octanol–water partition coefficient (Wildman–Crippen LogP) is 11.5. The molecule has 1 unspecified atom stereocenters. The van der Waals surface area contributed by atoms with Crippen LogP contribution in [0.25, 0.3) is 22.5 Å². The molecule has 2 heterocycles. The zero-order chi connectivity index (χ0) is 41.2. The van der Waals surface area contributed by atoms with Gasteiger partial charge in [-0.15, -0.1) is 5.10 Å². The van der Waals surface area contributed by atoms with Crippen LogP contribution in [-0.2, 0) is 22.9 Å². The Morgan fingerprint density at radius 1 is 0.746 bits per heavy atom. The lowest BCUT2D eigenvalue weighted by Crippen LogP contribution is -2.42. The first-order valence-electron chi connectivity index (χ1n) is 21.0. The van der Waals surface area contributed by atoms with Crippen LogP contribution in [0.4, 0.5) is 0 Å². The minimum Gasteiger partial charge on any atom is -0.408 e. The van der Waals surface area contributed by atoms with Crippen LogP contribution in [0.2, 0.25) is 18.1 Å². The molecule has 59 heavy (non-hydrogen) atoms. The molecule has 1 aliphatic rings. The smallest absolute Gasteiger partial charge is 0.192 e. The summed E-state index contributed by atoms with van der Waals surface area (Å²) in [4.78, 5) is 19.1. The molecule has 1 aliphatic carbocycles. The molecule has 0 radical (unpaired) electrons. The standard InChI is InChI=1S/C50H54N6O2Si/c1-7-20-45-51-46-44(58-59(5,6)49(2,3)4)30-19-29-43(57)47(46)55(45)35-36-31-33-37(34-32-36)41-27-17-18-28-42(41)48-52-53-54-56(48)50(38-21-11-8-12-22-38,39-23-13-9-14-24-39)40-25-15-10-16-26-40/h8-18,21-28,31-34,44H,7,19-20,29-30,35H2,1-6H3. The van der Waals surface area contributed by atoms with E-state index in [2.05, 4.69) is 166 Å². The Kier molecular flexibility index (Phi) is 11.2. The van der Waals surface area contributed by atoms with Crippen molar-refractivity contribution in [3.8, 4) is 22.5 Å². The number of carbonyl (C=O) groups excluding carboxylic acids is 1. The normalized spacial score (nSPS) is 14.9. The summed E-state index contributed by atoms with van der Waals surface area (Å²) in [5, 5.41) is 14.0. The van der Waals surface area contributed by atoms with Gasteiger partial charge in [0.25, 0.3) is 0 Å². The summed E-state index contributed by atoms with van der Waals surface area (Å²) in [6.07, 6.45) is 3.69. The summed E-state index contributed by atoms with van der Waals surface area (Å²) < 4.78 is 11.2. The van der Waals surface area contributed by atoms with E-state index in [1.807, 2.05) is 28.9 Å². The quantitative estimate of drug-likeness (QED) is 0.0695. The number of tetrazole rings is 1. The molecule has 8 rings (SSSR count). The highest BCUT2D eigenvalue weighted by molar-refractivity contribution is 6.74. The highest BCUT2D eigenvalue weighted by Crippen LogP contribution is 2.45. The van der Waals surface area contributed by atoms with Gasteiger partial charge >= 0.3 is 0 Å². The number of aromatic nitrogens is 6. The first kappa shape index (κ1) is 40.0. The van der Waals surface area contributed by atoms with Crippen molar-refractivity contribution in [2.75, 3.05) is 0 Å². The van der Waals surface area contributed by atoms with Crippen molar-refractivity contribution in [1.82, 2.24) is 29.8 Å². The maximum atomic E-state index is 13.9. The van der Waals surface area contributed by atoms with E-state index in [1.54, 1.807) is 0 Å². The molecule has 0 amide bonds. The molecule has 7 aromatic rings. The van der Waals surface area contributed by atoms with Crippen LogP contribution in [0.15, 0.2) is 140 Å². The molecule has 0 N–H and O–H groups in total. The molecule has 0 saturated carbocycles. The van der Waals surface area contributed by atoms with Gasteiger partial charge in [0.05, 0.1) is 11.8 Å². The van der Waals surface area contributed by atoms with Crippen LogP contribution in [0.1, 0.15) is 104 Å². The Balaban J connectivity index is 1.19. The molecular formula is C50H54N6O2Si. The van der Waals surface area contributed by atoms with Gasteiger partial charge in [-0.2, -0.15) is 0 Å². The minimum absolute atomic E-state index is 0.0552. The second-order valence-corrected chi connectivity index (χ2v) is 22.0. The van der Waals surface area contributed by atoms with E-state index in [4.69, 9.17) is 19.7 Å². The first-order valence-corrected chi connectivity index (χ1v) is 23.9. The lowest BCUT2D eigenvalue weighted by atomic mass is 9.77. The Bertz CT molecular complexity index is 2430. The van der Waals surface area contributed by atoms with Crippen LogP contribution in [0.3, 0.4) is 0 Å². The maximum Gasteiger partial charge on any atom is 0.192 e. The van der Waals surface area contributed by atoms with Crippen molar-refractivity contribution in [2.24, 2.45) is 0 Å². The van der Waals surface area contributed by atoms with Crippen LogP contribution in [-0.4, -0.2) is 43.9 Å². The van der Waals surface area contributed by atoms with Crippen LogP contribution >= 0.6 is 0 Å². The van der Waals surface area contributed by atoms with E-state index < -0.39 is 13.9 Å². The number of rotatable bonds is 12. The summed E-state index contributed by atoms with van der Waals surface area (Å²) in [6.45, 7) is 14.1. The number of fused-ring (bicyclic) bond motifs is 1. The van der Waals surface area contributed by atoms with Gasteiger partial charge in [0.2, 0.25) is 0 Å². The third kappa shape index (κ3) is 7.54. The second-order valence-electron chi connectivity index (χ2n) is 17.2. The van der Waals surface area contributed by atoms with Gasteiger partial charge in [-0.1, -0.05) is 167 Å². The number of nitrogens with zero attached hydrogens (tertiary/aromatic N) is 6. The average Bonchev–Trinajstić information content (AvgIpc) is 3.84. The lowest BCUT2D eigenvalue weighted by Gasteiger charge is -2.39. The van der Waals surface area contributed by atoms with Crippen molar-refractivity contribution in [2.45, 2.75) is 96.1 Å². The van der Waals surface area contributed by atoms with Crippen molar-refractivity contribution >= 4 is 14.1 Å². The van der Waals surface area contributed by atoms with E-state index in [1.165, 1.54) is 0 Å². The molecular weight excluding hydrogens is 745 g/mol. The fraction of sp³-hybridized carbons (Fsp3) is 0.300. The Labute approximate surface area is 349 Å². The zero-order valence-corrected chi connectivity index (χ0v) is 36.1. The number of ketones is 1. The van der Waals surface area contributed by atoms with Crippen molar-refractivity contribution in [3.05, 3.63) is 179 Å². The van der Waals surface area contributed by atoms with Gasteiger partial charge in [0.1, 0.15) is 17.1 Å². The SMILES string of the molecule is CCCc1nc2c(n1Cc1ccc(-c3ccccc3-c3nnnn3C(c3ccccc3)(c3ccccc3)c3ccccc3)cc1)C(=O)CCCC2O[Si](C)(C)C(C)(C)C. The molecule has 9 heteroatoms. The van der Waals surface area contributed by atoms with E-state index in [0.29, 0.717) is 18.8 Å². The molecule has 0 fully saturated rings. The third-order valence-corrected chi connectivity index (χ3v) is 16.9. The Hall–Kier alpha value is -5.77. The van der Waals surface area contributed by atoms with Gasteiger partial charge in [-0.3, -0.25) is 4.79 Å². The monoisotopic (exact) mass is 798 g/mol. The summed E-state index contributed by atoms with van der Waals surface area (Å²) >= 11 is 0. The summed E-state index contributed by atoms with van der Waals surface area (Å²) in [5.74, 6) is 1.77. The number of Topliss-reactive ketones (excluding diaryl/α,β-unsaturated/α-hetero) is 1. The molecule has 1 atom stereocenters. The average molecular weight is 799 g/mol. The number of imidazole rings is 1. The molecule has 0 spiro atoms. The number of hydrogen-bond acceptors (Lipinski definition) is 6. The highest BCUT2D eigenvalue weighted by atomic mass is 28.4. The summed E-state index contributed by atoms with van der Waals surface area (Å²) in [7, 11) is -2.11. The van der Waals surface area contributed by atoms with Crippen molar-refractivity contribution in [1.29, 1.82) is 0 Å². The zero-order valence-electron chi connectivity index (χ0n) is 35.1. The number of aryl methyl sites for hydroxylation is 1. The number of hydrogen-bond donors (Lipinski definition) is 0. The molecule has 0 bridgehead atoms. The number of carbonyl (C=O) groups is 1. The summed E-state index contributed by atoms with van der Waals surface area (Å²) in [6, 6.07) is 48.4. The first-order chi connectivity index (χ1) is 28.5. The predicted molar refractivity (Wildman–Crippen MR) is 238 cm³/mol. The Morgan fingerprint density at radius 2 is 1.31 bits per heavy atom. The molecule has 0 aliphatic heterocycles. The highest BCUT2D eigenvalue weighted by Gasteiger charge is 2.43. The van der Waals surface area contributed by atoms with Gasteiger partial charge in [-0.05, 0) is 81.2 Å². The maximum absolute atomic E-state index is 13.9. The van der Waals surface area contributed by atoms with Crippen molar-refractivity contribution < 1.29 is 9.22 Å². The second kappa shape index (κ2) is 16.5. The Morgan fingerprint density at radius 3 is 1.86 bits per heavy atom. The third-order valence-electron chi connectivity index (χ3n) is 12.4. The molecule has 5 aromatic carbocycles. The van der Waals surface area contributed by atoms with Crippen LogP contribution < -0.4 is 0 Å². The van der Waals surface area contributed by atoms with E-state index >= 15 is 0 Å². The van der Waals surface area contributed by atoms with Gasteiger partial charge in [-0.25, -0.2) is 9.67 Å². The van der Waals surface area contributed by atoms with E-state index in [9.17, 15) is 4.79 Å². The molecule has 2 aromatic heterocycles. The fourth-order valence-corrected chi connectivity index (χ4v) is 9.65. The summed E-state index contributed by atoms with van der Waals surface area (Å²) in [5.41, 5.74) is 7.91. The van der Waals surface area contributed by atoms with Crippen molar-refractivity contribution in [3.63, 3.8) is 0 Å².